The van der Waals surface area contributed by atoms with Crippen LogP contribution in [0, 0.1) is 5.92 Å². The maximum absolute atomic E-state index is 12.0. The van der Waals surface area contributed by atoms with Crippen molar-refractivity contribution >= 4 is 5.91 Å². The number of rotatable bonds is 9. The minimum absolute atomic E-state index is 0.200. The summed E-state index contributed by atoms with van der Waals surface area (Å²) in [7, 11) is 0. The van der Waals surface area contributed by atoms with Crippen LogP contribution in [-0.4, -0.2) is 49.7 Å². The van der Waals surface area contributed by atoms with Gasteiger partial charge in [-0.1, -0.05) is 30.3 Å². The molecule has 144 valence electrons. The molecule has 2 aliphatic rings. The number of benzene rings is 1. The Hall–Kier alpha value is -1.39. The molecule has 3 rings (SSSR count). The number of hydrogen-bond donors (Lipinski definition) is 1. The Labute approximate surface area is 158 Å². The largest absolute Gasteiger partial charge is 0.376 e. The van der Waals surface area contributed by atoms with E-state index in [-0.39, 0.29) is 12.0 Å². The first-order valence-corrected chi connectivity index (χ1v) is 10.4. The van der Waals surface area contributed by atoms with Gasteiger partial charge in [-0.05, 0) is 76.1 Å². The summed E-state index contributed by atoms with van der Waals surface area (Å²) in [6, 6.07) is 10.8. The summed E-state index contributed by atoms with van der Waals surface area (Å²) < 4.78 is 5.55. The average Bonchev–Trinajstić information content (AvgIpc) is 3.20. The molecule has 1 N–H and O–H groups in total. The summed E-state index contributed by atoms with van der Waals surface area (Å²) in [4.78, 5) is 14.6. The Balaban J connectivity index is 1.22. The maximum atomic E-state index is 12.0. The Morgan fingerprint density at radius 2 is 1.96 bits per heavy atom. The van der Waals surface area contributed by atoms with Crippen LogP contribution >= 0.6 is 0 Å². The van der Waals surface area contributed by atoms with E-state index in [1.165, 1.54) is 50.9 Å². The predicted molar refractivity (Wildman–Crippen MR) is 105 cm³/mol. The van der Waals surface area contributed by atoms with E-state index < -0.39 is 0 Å². The van der Waals surface area contributed by atoms with Gasteiger partial charge >= 0.3 is 0 Å². The number of nitrogens with zero attached hydrogens (tertiary/aromatic N) is 1. The highest BCUT2D eigenvalue weighted by Gasteiger charge is 2.20. The van der Waals surface area contributed by atoms with Crippen LogP contribution in [0.1, 0.15) is 50.5 Å². The minimum Gasteiger partial charge on any atom is -0.376 e. The third kappa shape index (κ3) is 6.73. The summed E-state index contributed by atoms with van der Waals surface area (Å²) >= 11 is 0. The molecule has 0 aromatic heterocycles. The summed E-state index contributed by atoms with van der Waals surface area (Å²) in [5, 5.41) is 3.04. The number of hydrogen-bond acceptors (Lipinski definition) is 3. The quantitative estimate of drug-likeness (QED) is 0.735. The lowest BCUT2D eigenvalue weighted by atomic mass is 9.92. The van der Waals surface area contributed by atoms with Gasteiger partial charge in [0.15, 0.2) is 0 Å². The number of aryl methyl sites for hydroxylation is 1. The molecule has 4 nitrogen and oxygen atoms in total. The normalized spacial score (nSPS) is 21.8. The van der Waals surface area contributed by atoms with Crippen molar-refractivity contribution in [3.63, 3.8) is 0 Å². The molecule has 2 saturated heterocycles. The standard InChI is InChI=1S/C22H34N2O2/c25-22(23-18-21-9-5-17-26-21)11-10-20-12-15-24(16-13-20)14-4-8-19-6-2-1-3-7-19/h1-3,6-7,20-21H,4-5,8-18H2,(H,23,25). The molecule has 1 atom stereocenters. The first-order valence-electron chi connectivity index (χ1n) is 10.4. The summed E-state index contributed by atoms with van der Waals surface area (Å²) in [6.45, 7) is 5.13. The molecule has 26 heavy (non-hydrogen) atoms. The Morgan fingerprint density at radius 3 is 2.69 bits per heavy atom. The molecule has 4 heteroatoms. The molecule has 0 bridgehead atoms. The molecular formula is C22H34N2O2. The zero-order valence-electron chi connectivity index (χ0n) is 16.0. The van der Waals surface area contributed by atoms with Gasteiger partial charge in [0.05, 0.1) is 6.10 Å². The van der Waals surface area contributed by atoms with Crippen molar-refractivity contribution in [2.24, 2.45) is 5.92 Å². The van der Waals surface area contributed by atoms with E-state index in [1.807, 2.05) is 0 Å². The number of nitrogens with one attached hydrogen (secondary N) is 1. The zero-order valence-corrected chi connectivity index (χ0v) is 16.0. The van der Waals surface area contributed by atoms with Gasteiger partial charge in [-0.2, -0.15) is 0 Å². The number of piperidine rings is 1. The van der Waals surface area contributed by atoms with Crippen LogP contribution in [0.25, 0.3) is 0 Å². The van der Waals surface area contributed by atoms with Crippen molar-refractivity contribution in [3.8, 4) is 0 Å². The van der Waals surface area contributed by atoms with Gasteiger partial charge < -0.3 is 15.0 Å². The number of ether oxygens (including phenoxy) is 1. The fraction of sp³-hybridized carbons (Fsp3) is 0.682. The molecule has 1 amide bonds. The van der Waals surface area contributed by atoms with Crippen LogP contribution in [0.4, 0.5) is 0 Å². The van der Waals surface area contributed by atoms with Crippen LogP contribution < -0.4 is 5.32 Å². The van der Waals surface area contributed by atoms with Crippen LogP contribution in [0.2, 0.25) is 0 Å². The minimum atomic E-state index is 0.200. The summed E-state index contributed by atoms with van der Waals surface area (Å²) in [5.74, 6) is 0.916. The second kappa shape index (κ2) is 10.7. The van der Waals surface area contributed by atoms with E-state index in [9.17, 15) is 4.79 Å². The van der Waals surface area contributed by atoms with Gasteiger partial charge in [-0.3, -0.25) is 4.79 Å². The average molecular weight is 359 g/mol. The zero-order chi connectivity index (χ0) is 18.0. The molecule has 2 heterocycles. The van der Waals surface area contributed by atoms with Crippen LogP contribution in [0.5, 0.6) is 0 Å². The lowest BCUT2D eigenvalue weighted by Crippen LogP contribution is -2.35. The lowest BCUT2D eigenvalue weighted by molar-refractivity contribution is -0.122. The summed E-state index contributed by atoms with van der Waals surface area (Å²) in [5.41, 5.74) is 1.44. The number of amides is 1. The van der Waals surface area contributed by atoms with Gasteiger partial charge in [0.1, 0.15) is 0 Å². The Bertz CT molecular complexity index is 520. The molecule has 1 unspecified atom stereocenters. The number of likely N-dealkylation sites (tertiary alicyclic amines) is 1. The van der Waals surface area contributed by atoms with E-state index in [4.69, 9.17) is 4.74 Å². The van der Waals surface area contributed by atoms with E-state index in [0.29, 0.717) is 18.9 Å². The molecule has 0 spiro atoms. The number of carbonyl (C=O) groups excluding carboxylic acids is 1. The van der Waals surface area contributed by atoms with Crippen LogP contribution in [0.15, 0.2) is 30.3 Å². The predicted octanol–water partition coefficient (Wildman–Crippen LogP) is 3.41. The van der Waals surface area contributed by atoms with Crippen molar-refractivity contribution in [1.29, 1.82) is 0 Å². The fourth-order valence-corrected chi connectivity index (χ4v) is 4.11. The van der Waals surface area contributed by atoms with Gasteiger partial charge in [-0.25, -0.2) is 0 Å². The molecule has 2 fully saturated rings. The van der Waals surface area contributed by atoms with E-state index >= 15 is 0 Å². The maximum Gasteiger partial charge on any atom is 0.220 e. The molecule has 1 aromatic carbocycles. The van der Waals surface area contributed by atoms with Crippen molar-refractivity contribution in [1.82, 2.24) is 10.2 Å². The Kier molecular flexibility index (Phi) is 7.96. The molecule has 2 aliphatic heterocycles. The van der Waals surface area contributed by atoms with Crippen LogP contribution in [0.3, 0.4) is 0 Å². The summed E-state index contributed by atoms with van der Waals surface area (Å²) in [6.07, 6.45) is 9.06. The van der Waals surface area contributed by atoms with E-state index in [2.05, 4.69) is 40.5 Å². The van der Waals surface area contributed by atoms with E-state index in [0.717, 1.165) is 25.9 Å². The van der Waals surface area contributed by atoms with Gasteiger partial charge in [0, 0.05) is 19.6 Å². The smallest absolute Gasteiger partial charge is 0.220 e. The van der Waals surface area contributed by atoms with Gasteiger partial charge in [0.2, 0.25) is 5.91 Å². The van der Waals surface area contributed by atoms with Crippen molar-refractivity contribution in [2.45, 2.75) is 57.5 Å². The fourth-order valence-electron chi connectivity index (χ4n) is 4.11. The third-order valence-electron chi connectivity index (χ3n) is 5.82. The van der Waals surface area contributed by atoms with E-state index in [1.54, 1.807) is 0 Å². The second-order valence-electron chi connectivity index (χ2n) is 7.85. The highest BCUT2D eigenvalue weighted by molar-refractivity contribution is 5.75. The molecule has 0 saturated carbocycles. The monoisotopic (exact) mass is 358 g/mol. The first kappa shape index (κ1) is 19.4. The van der Waals surface area contributed by atoms with Gasteiger partial charge in [0.25, 0.3) is 0 Å². The van der Waals surface area contributed by atoms with Crippen LogP contribution in [-0.2, 0) is 16.0 Å². The van der Waals surface area contributed by atoms with Crippen molar-refractivity contribution in [2.75, 3.05) is 32.8 Å². The molecule has 0 radical (unpaired) electrons. The Morgan fingerprint density at radius 1 is 1.15 bits per heavy atom. The second-order valence-corrected chi connectivity index (χ2v) is 7.85. The van der Waals surface area contributed by atoms with Crippen molar-refractivity contribution in [3.05, 3.63) is 35.9 Å². The molecule has 0 aliphatic carbocycles. The SMILES string of the molecule is O=C(CCC1CCN(CCCc2ccccc2)CC1)NCC1CCCO1. The highest BCUT2D eigenvalue weighted by atomic mass is 16.5. The van der Waals surface area contributed by atoms with Crippen molar-refractivity contribution < 1.29 is 9.53 Å². The topological polar surface area (TPSA) is 41.6 Å². The first-order chi connectivity index (χ1) is 12.8. The lowest BCUT2D eigenvalue weighted by Gasteiger charge is -2.32. The van der Waals surface area contributed by atoms with Gasteiger partial charge in [-0.15, -0.1) is 0 Å². The highest BCUT2D eigenvalue weighted by Crippen LogP contribution is 2.22. The third-order valence-corrected chi connectivity index (χ3v) is 5.82. The molecule has 1 aromatic rings. The molecular weight excluding hydrogens is 324 g/mol. The number of carbonyl (C=O) groups is 1.